The summed E-state index contributed by atoms with van der Waals surface area (Å²) in [6.45, 7) is 11.8. The summed E-state index contributed by atoms with van der Waals surface area (Å²) >= 11 is 0. The standard InChI is InChI=1S/C16H32O3.C2H4O2/c1-7-15(3,4)11-9-13(14(17)18)10-12-16(5,8-2)19-6;1-2(3)4/h13H,7-12H2,1-6H3,(H,17,18);1H3,(H,3,4). The van der Waals surface area contributed by atoms with Gasteiger partial charge in [-0.05, 0) is 44.4 Å². The van der Waals surface area contributed by atoms with Crippen LogP contribution in [-0.4, -0.2) is 34.9 Å². The molecule has 0 aliphatic carbocycles. The van der Waals surface area contributed by atoms with E-state index in [1.54, 1.807) is 7.11 Å². The molecule has 0 fully saturated rings. The molecule has 0 aromatic carbocycles. The average Bonchev–Trinajstić information content (AvgIpc) is 2.45. The Bertz CT molecular complexity index is 341. The molecule has 0 saturated carbocycles. The molecule has 23 heavy (non-hydrogen) atoms. The van der Waals surface area contributed by atoms with Crippen LogP contribution in [0.3, 0.4) is 0 Å². The number of ether oxygens (including phenoxy) is 1. The molecule has 0 heterocycles. The molecule has 5 nitrogen and oxygen atoms in total. The van der Waals surface area contributed by atoms with Gasteiger partial charge in [-0.25, -0.2) is 0 Å². The Morgan fingerprint density at radius 1 is 1.00 bits per heavy atom. The fraction of sp³-hybridized carbons (Fsp3) is 0.889. The summed E-state index contributed by atoms with van der Waals surface area (Å²) in [6, 6.07) is 0. The third-order valence-electron chi connectivity index (χ3n) is 4.74. The number of rotatable bonds is 10. The van der Waals surface area contributed by atoms with Crippen LogP contribution in [0.1, 0.15) is 80.1 Å². The smallest absolute Gasteiger partial charge is 0.306 e. The first-order chi connectivity index (χ1) is 10.4. The fourth-order valence-electron chi connectivity index (χ4n) is 2.04. The molecule has 0 aliphatic heterocycles. The minimum Gasteiger partial charge on any atom is -0.481 e. The van der Waals surface area contributed by atoms with E-state index in [2.05, 4.69) is 34.6 Å². The van der Waals surface area contributed by atoms with Crippen molar-refractivity contribution in [3.05, 3.63) is 0 Å². The number of carboxylic acid groups (broad SMARTS) is 2. The summed E-state index contributed by atoms with van der Waals surface area (Å²) in [5.41, 5.74) is 0.0526. The minimum absolute atomic E-state index is 0.187. The Balaban J connectivity index is 0. The van der Waals surface area contributed by atoms with Gasteiger partial charge in [0.25, 0.3) is 5.97 Å². The molecule has 0 aromatic heterocycles. The van der Waals surface area contributed by atoms with Crippen LogP contribution in [0.15, 0.2) is 0 Å². The molecule has 0 aliphatic rings. The van der Waals surface area contributed by atoms with E-state index >= 15 is 0 Å². The number of carboxylic acids is 2. The summed E-state index contributed by atoms with van der Waals surface area (Å²) in [6.07, 6.45) is 5.24. The van der Waals surface area contributed by atoms with Crippen LogP contribution in [0.5, 0.6) is 0 Å². The average molecular weight is 332 g/mol. The first-order valence-corrected chi connectivity index (χ1v) is 8.40. The lowest BCUT2D eigenvalue weighted by Gasteiger charge is -2.29. The third-order valence-corrected chi connectivity index (χ3v) is 4.74. The van der Waals surface area contributed by atoms with Crippen LogP contribution in [-0.2, 0) is 14.3 Å². The van der Waals surface area contributed by atoms with Gasteiger partial charge in [0, 0.05) is 14.0 Å². The first kappa shape index (κ1) is 24.2. The molecule has 0 spiro atoms. The second-order valence-electron chi connectivity index (χ2n) is 7.16. The molecule has 0 amide bonds. The van der Waals surface area contributed by atoms with Gasteiger partial charge >= 0.3 is 5.97 Å². The highest BCUT2D eigenvalue weighted by Crippen LogP contribution is 2.31. The maximum Gasteiger partial charge on any atom is 0.306 e. The number of hydrogen-bond acceptors (Lipinski definition) is 3. The molecule has 0 radical (unpaired) electrons. The number of methoxy groups -OCH3 is 1. The van der Waals surface area contributed by atoms with E-state index in [0.29, 0.717) is 6.42 Å². The topological polar surface area (TPSA) is 83.8 Å². The lowest BCUT2D eigenvalue weighted by Crippen LogP contribution is -2.28. The van der Waals surface area contributed by atoms with Crippen molar-refractivity contribution < 1.29 is 24.5 Å². The van der Waals surface area contributed by atoms with Gasteiger partial charge in [0.1, 0.15) is 0 Å². The van der Waals surface area contributed by atoms with E-state index in [4.69, 9.17) is 14.6 Å². The summed E-state index contributed by atoms with van der Waals surface area (Å²) in [5.74, 6) is -1.74. The zero-order valence-corrected chi connectivity index (χ0v) is 15.9. The van der Waals surface area contributed by atoms with Crippen molar-refractivity contribution in [3.63, 3.8) is 0 Å². The van der Waals surface area contributed by atoms with Gasteiger partial charge in [0.2, 0.25) is 0 Å². The maximum absolute atomic E-state index is 11.4. The lowest BCUT2D eigenvalue weighted by molar-refractivity contribution is -0.143. The largest absolute Gasteiger partial charge is 0.481 e. The van der Waals surface area contributed by atoms with Crippen molar-refractivity contribution in [2.75, 3.05) is 7.11 Å². The second kappa shape index (κ2) is 11.4. The van der Waals surface area contributed by atoms with Gasteiger partial charge < -0.3 is 14.9 Å². The van der Waals surface area contributed by atoms with Gasteiger partial charge in [-0.1, -0.05) is 34.1 Å². The molecule has 0 aromatic rings. The van der Waals surface area contributed by atoms with E-state index in [-0.39, 0.29) is 16.9 Å². The Hall–Kier alpha value is -1.10. The summed E-state index contributed by atoms with van der Waals surface area (Å²) in [7, 11) is 1.71. The third kappa shape index (κ3) is 13.1. The van der Waals surface area contributed by atoms with E-state index in [1.807, 2.05) is 0 Å². The Morgan fingerprint density at radius 3 is 1.74 bits per heavy atom. The first-order valence-electron chi connectivity index (χ1n) is 8.40. The normalized spacial score (nSPS) is 15.1. The van der Waals surface area contributed by atoms with E-state index in [1.165, 1.54) is 0 Å². The van der Waals surface area contributed by atoms with Crippen LogP contribution in [0, 0.1) is 11.3 Å². The molecule has 2 atom stereocenters. The molecular formula is C18H36O5. The van der Waals surface area contributed by atoms with Crippen molar-refractivity contribution in [1.82, 2.24) is 0 Å². The summed E-state index contributed by atoms with van der Waals surface area (Å²) in [5, 5.41) is 16.8. The number of hydrogen-bond donors (Lipinski definition) is 2. The predicted molar refractivity (Wildman–Crippen MR) is 92.7 cm³/mol. The molecule has 138 valence electrons. The highest BCUT2D eigenvalue weighted by Gasteiger charge is 2.27. The van der Waals surface area contributed by atoms with Gasteiger partial charge in [-0.3, -0.25) is 9.59 Å². The van der Waals surface area contributed by atoms with Crippen molar-refractivity contribution in [3.8, 4) is 0 Å². The zero-order valence-electron chi connectivity index (χ0n) is 15.9. The fourth-order valence-corrected chi connectivity index (χ4v) is 2.04. The van der Waals surface area contributed by atoms with E-state index in [9.17, 15) is 9.90 Å². The van der Waals surface area contributed by atoms with Crippen molar-refractivity contribution in [1.29, 1.82) is 0 Å². The van der Waals surface area contributed by atoms with Crippen LogP contribution in [0.25, 0.3) is 0 Å². The minimum atomic E-state index is -0.833. The van der Waals surface area contributed by atoms with Crippen LogP contribution < -0.4 is 0 Å². The lowest BCUT2D eigenvalue weighted by atomic mass is 9.80. The van der Waals surface area contributed by atoms with Gasteiger partial charge in [0.05, 0.1) is 11.5 Å². The summed E-state index contributed by atoms with van der Waals surface area (Å²) < 4.78 is 5.49. The number of aliphatic carboxylic acids is 2. The van der Waals surface area contributed by atoms with Crippen molar-refractivity contribution in [2.45, 2.75) is 85.7 Å². The monoisotopic (exact) mass is 332 g/mol. The van der Waals surface area contributed by atoms with Gasteiger partial charge in [0.15, 0.2) is 0 Å². The van der Waals surface area contributed by atoms with Crippen molar-refractivity contribution >= 4 is 11.9 Å². The second-order valence-corrected chi connectivity index (χ2v) is 7.16. The summed E-state index contributed by atoms with van der Waals surface area (Å²) in [4.78, 5) is 20.4. The molecule has 0 rings (SSSR count). The molecule has 0 bridgehead atoms. The van der Waals surface area contributed by atoms with Crippen LogP contribution in [0.2, 0.25) is 0 Å². The van der Waals surface area contributed by atoms with Gasteiger partial charge in [-0.15, -0.1) is 0 Å². The van der Waals surface area contributed by atoms with Crippen LogP contribution in [0.4, 0.5) is 0 Å². The number of carbonyl (C=O) groups is 2. The predicted octanol–water partition coefficient (Wildman–Crippen LogP) is 4.59. The quantitative estimate of drug-likeness (QED) is 0.611. The zero-order chi connectivity index (χ0) is 18.7. The molecule has 0 saturated heterocycles. The SMILES string of the molecule is CC(=O)O.CCC(C)(C)CCC(CCC(C)(CC)OC)C(=O)O. The van der Waals surface area contributed by atoms with Crippen LogP contribution >= 0.6 is 0 Å². The highest BCUT2D eigenvalue weighted by molar-refractivity contribution is 5.69. The molecule has 2 N–H and O–H groups in total. The highest BCUT2D eigenvalue weighted by atomic mass is 16.5. The van der Waals surface area contributed by atoms with E-state index in [0.717, 1.165) is 39.0 Å². The van der Waals surface area contributed by atoms with E-state index < -0.39 is 11.9 Å². The Kier molecular flexibility index (Phi) is 12.0. The Morgan fingerprint density at radius 2 is 1.43 bits per heavy atom. The maximum atomic E-state index is 11.4. The van der Waals surface area contributed by atoms with Gasteiger partial charge in [-0.2, -0.15) is 0 Å². The van der Waals surface area contributed by atoms with Crippen molar-refractivity contribution in [2.24, 2.45) is 11.3 Å². The molecule has 2 unspecified atom stereocenters. The Labute approximate surface area is 141 Å². The molecular weight excluding hydrogens is 296 g/mol. The molecule has 5 heteroatoms.